The molecule has 0 spiro atoms. The van der Waals surface area contributed by atoms with Crippen molar-refractivity contribution in [3.05, 3.63) is 0 Å². The summed E-state index contributed by atoms with van der Waals surface area (Å²) in [6.07, 6.45) is -4.31. The Bertz CT molecular complexity index is 238. The van der Waals surface area contributed by atoms with Crippen LogP contribution < -0.4 is 5.32 Å². The molecule has 0 aliphatic carbocycles. The fourth-order valence-corrected chi connectivity index (χ4v) is 1.33. The maximum absolute atomic E-state index is 11.2. The second-order valence-corrected chi connectivity index (χ2v) is 4.21. The number of rotatable bonds is 9. The molecular formula is C11H23NO6. The number of hydrogen-bond acceptors (Lipinski definition) is 6. The Hall–Kier alpha value is -0.730. The van der Waals surface area contributed by atoms with Crippen LogP contribution in [0, 0.1) is 0 Å². The monoisotopic (exact) mass is 265 g/mol. The normalized spacial score (nSPS) is 17.9. The van der Waals surface area contributed by atoms with Crippen molar-refractivity contribution in [1.82, 2.24) is 5.32 Å². The van der Waals surface area contributed by atoms with Gasteiger partial charge in [0, 0.05) is 13.0 Å². The van der Waals surface area contributed by atoms with Gasteiger partial charge in [0.25, 0.3) is 0 Å². The van der Waals surface area contributed by atoms with Gasteiger partial charge in [-0.25, -0.2) is 0 Å². The van der Waals surface area contributed by atoms with E-state index in [1.54, 1.807) is 0 Å². The Balaban J connectivity index is 4.00. The zero-order chi connectivity index (χ0) is 14.1. The zero-order valence-electron chi connectivity index (χ0n) is 10.5. The molecule has 1 amide bonds. The van der Waals surface area contributed by atoms with Crippen LogP contribution in [0.15, 0.2) is 0 Å². The second-order valence-electron chi connectivity index (χ2n) is 4.21. The second kappa shape index (κ2) is 9.23. The molecule has 0 radical (unpaired) electrons. The molecule has 0 aromatic rings. The molecule has 7 heteroatoms. The van der Waals surface area contributed by atoms with Crippen LogP contribution in [-0.4, -0.2) is 69.0 Å². The fourth-order valence-electron chi connectivity index (χ4n) is 1.33. The van der Waals surface area contributed by atoms with Gasteiger partial charge in [-0.3, -0.25) is 4.79 Å². The molecule has 4 atom stereocenters. The molecule has 0 aliphatic rings. The Kier molecular flexibility index (Phi) is 8.86. The van der Waals surface area contributed by atoms with Crippen molar-refractivity contribution < 1.29 is 30.3 Å². The lowest BCUT2D eigenvalue weighted by Crippen LogP contribution is -2.49. The lowest BCUT2D eigenvalue weighted by molar-refractivity contribution is -0.126. The van der Waals surface area contributed by atoms with Crippen molar-refractivity contribution in [2.45, 2.75) is 50.6 Å². The van der Waals surface area contributed by atoms with Crippen LogP contribution in [0.25, 0.3) is 0 Å². The van der Waals surface area contributed by atoms with Gasteiger partial charge < -0.3 is 30.8 Å². The highest BCUT2D eigenvalue weighted by Crippen LogP contribution is 2.04. The third-order valence-corrected chi connectivity index (χ3v) is 2.59. The number of carbonyl (C=O) groups excluding carboxylic acids is 1. The highest BCUT2D eigenvalue weighted by Gasteiger charge is 2.29. The zero-order valence-corrected chi connectivity index (χ0v) is 10.5. The molecule has 18 heavy (non-hydrogen) atoms. The molecule has 0 heterocycles. The number of hydrogen-bond donors (Lipinski definition) is 6. The van der Waals surface area contributed by atoms with Crippen molar-refractivity contribution in [2.24, 2.45) is 0 Å². The van der Waals surface area contributed by atoms with E-state index in [4.69, 9.17) is 10.2 Å². The van der Waals surface area contributed by atoms with E-state index in [1.807, 2.05) is 6.92 Å². The van der Waals surface area contributed by atoms with Crippen LogP contribution in [0.2, 0.25) is 0 Å². The minimum Gasteiger partial charge on any atom is -0.394 e. The number of aliphatic hydroxyl groups excluding tert-OH is 5. The Labute approximate surface area is 106 Å². The van der Waals surface area contributed by atoms with Gasteiger partial charge in [0.1, 0.15) is 18.3 Å². The predicted octanol–water partition coefficient (Wildman–Crippen LogP) is -2.27. The van der Waals surface area contributed by atoms with Gasteiger partial charge in [0.05, 0.1) is 12.7 Å². The molecular weight excluding hydrogens is 242 g/mol. The number of nitrogens with one attached hydrogen (secondary N) is 1. The molecule has 0 rings (SSSR count). The molecule has 0 bridgehead atoms. The van der Waals surface area contributed by atoms with E-state index in [-0.39, 0.29) is 12.5 Å². The number of aliphatic hydroxyl groups is 5. The van der Waals surface area contributed by atoms with Gasteiger partial charge >= 0.3 is 0 Å². The summed E-state index contributed by atoms with van der Waals surface area (Å²) in [6.45, 7) is 0.991. The van der Waals surface area contributed by atoms with Crippen molar-refractivity contribution >= 4 is 5.91 Å². The van der Waals surface area contributed by atoms with Gasteiger partial charge in [-0.15, -0.1) is 0 Å². The van der Waals surface area contributed by atoms with E-state index < -0.39 is 31.0 Å². The Morgan fingerprint density at radius 1 is 1.11 bits per heavy atom. The molecule has 0 fully saturated rings. The van der Waals surface area contributed by atoms with Crippen LogP contribution in [0.3, 0.4) is 0 Å². The van der Waals surface area contributed by atoms with E-state index in [1.165, 1.54) is 0 Å². The van der Waals surface area contributed by atoms with Gasteiger partial charge in [-0.1, -0.05) is 13.3 Å². The molecule has 6 N–H and O–H groups in total. The maximum atomic E-state index is 11.2. The minimum atomic E-state index is -1.67. The van der Waals surface area contributed by atoms with E-state index in [9.17, 15) is 20.1 Å². The average molecular weight is 265 g/mol. The Morgan fingerprint density at radius 3 is 2.17 bits per heavy atom. The van der Waals surface area contributed by atoms with Gasteiger partial charge in [-0.05, 0) is 6.42 Å². The lowest BCUT2D eigenvalue weighted by atomic mass is 10.0. The summed E-state index contributed by atoms with van der Waals surface area (Å²) < 4.78 is 0. The summed E-state index contributed by atoms with van der Waals surface area (Å²) in [4.78, 5) is 11.2. The predicted molar refractivity (Wildman–Crippen MR) is 63.6 cm³/mol. The van der Waals surface area contributed by atoms with Crippen molar-refractivity contribution in [3.63, 3.8) is 0 Å². The standard InChI is InChI=1S/C11H23NO6/c1-2-3-4-9(16)12-5-7(14)10(17)11(18)8(15)6-13/h7-8,10-11,13-15,17-18H,2-6H2,1H3,(H,12,16)/t7-,8+,10+,11+/m0/s1. The van der Waals surface area contributed by atoms with Crippen LogP contribution in [0.4, 0.5) is 0 Å². The topological polar surface area (TPSA) is 130 Å². The van der Waals surface area contributed by atoms with Crippen LogP contribution in [0.5, 0.6) is 0 Å². The molecule has 0 unspecified atom stereocenters. The Morgan fingerprint density at radius 2 is 1.67 bits per heavy atom. The SMILES string of the molecule is CCCCC(=O)NC[C@H](O)[C@@H](O)[C@H](O)[C@H](O)CO. The summed E-state index contributed by atoms with van der Waals surface area (Å²) in [5.41, 5.74) is 0. The fraction of sp³-hybridized carbons (Fsp3) is 0.909. The summed E-state index contributed by atoms with van der Waals surface area (Å²) >= 11 is 0. The minimum absolute atomic E-state index is 0.223. The summed E-state index contributed by atoms with van der Waals surface area (Å²) in [5.74, 6) is -0.250. The van der Waals surface area contributed by atoms with Crippen LogP contribution >= 0.6 is 0 Å². The molecule has 0 saturated heterocycles. The number of amides is 1. The van der Waals surface area contributed by atoms with Gasteiger partial charge in [0.15, 0.2) is 0 Å². The summed E-state index contributed by atoms with van der Waals surface area (Å²) in [6, 6.07) is 0. The molecule has 0 saturated carbocycles. The van der Waals surface area contributed by atoms with Gasteiger partial charge in [-0.2, -0.15) is 0 Å². The first-order valence-corrected chi connectivity index (χ1v) is 6.03. The van der Waals surface area contributed by atoms with Crippen molar-refractivity contribution in [3.8, 4) is 0 Å². The number of carbonyl (C=O) groups is 1. The van der Waals surface area contributed by atoms with Crippen LogP contribution in [0.1, 0.15) is 26.2 Å². The van der Waals surface area contributed by atoms with Gasteiger partial charge in [0.2, 0.25) is 5.91 Å². The highest BCUT2D eigenvalue weighted by molar-refractivity contribution is 5.75. The smallest absolute Gasteiger partial charge is 0.220 e. The molecule has 108 valence electrons. The van der Waals surface area contributed by atoms with E-state index in [0.717, 1.165) is 12.8 Å². The first-order valence-electron chi connectivity index (χ1n) is 6.03. The van der Waals surface area contributed by atoms with Crippen LogP contribution in [-0.2, 0) is 4.79 Å². The third-order valence-electron chi connectivity index (χ3n) is 2.59. The summed E-state index contributed by atoms with van der Waals surface area (Å²) in [5, 5.41) is 48.3. The highest BCUT2D eigenvalue weighted by atomic mass is 16.4. The summed E-state index contributed by atoms with van der Waals surface area (Å²) in [7, 11) is 0. The largest absolute Gasteiger partial charge is 0.394 e. The first-order chi connectivity index (χ1) is 8.43. The maximum Gasteiger partial charge on any atom is 0.220 e. The first kappa shape index (κ1) is 17.3. The van der Waals surface area contributed by atoms with Crippen molar-refractivity contribution in [2.75, 3.05) is 13.2 Å². The average Bonchev–Trinajstić information content (AvgIpc) is 2.39. The molecule has 7 nitrogen and oxygen atoms in total. The third kappa shape index (κ3) is 6.27. The van der Waals surface area contributed by atoms with E-state index in [2.05, 4.69) is 5.32 Å². The molecule has 0 aliphatic heterocycles. The van der Waals surface area contributed by atoms with Crippen molar-refractivity contribution in [1.29, 1.82) is 0 Å². The molecule has 0 aromatic carbocycles. The van der Waals surface area contributed by atoms with E-state index >= 15 is 0 Å². The number of unbranched alkanes of at least 4 members (excludes halogenated alkanes) is 1. The lowest BCUT2D eigenvalue weighted by Gasteiger charge is -2.25. The quantitative estimate of drug-likeness (QED) is 0.279. The molecule has 0 aromatic heterocycles. The van der Waals surface area contributed by atoms with E-state index in [0.29, 0.717) is 6.42 Å².